The monoisotopic (exact) mass is 407 g/mol. The van der Waals surface area contributed by atoms with E-state index in [-0.39, 0.29) is 50.2 Å². The molecule has 0 saturated carbocycles. The Bertz CT molecular complexity index is 81.4. The number of aliphatic hydroxyl groups is 1. The van der Waals surface area contributed by atoms with Crippen molar-refractivity contribution in [2.24, 2.45) is 0 Å². The minimum absolute atomic E-state index is 0. The van der Waals surface area contributed by atoms with Crippen LogP contribution in [0.3, 0.4) is 0 Å². The van der Waals surface area contributed by atoms with Crippen molar-refractivity contribution in [3.63, 3.8) is 0 Å². The smallest absolute Gasteiger partial charge is 0.155 e. The topological polar surface area (TPSA) is 29.5 Å². The van der Waals surface area contributed by atoms with E-state index in [2.05, 4.69) is 15.9 Å². The maximum Gasteiger partial charge on any atom is 0.155 e. The van der Waals surface area contributed by atoms with E-state index in [0.29, 0.717) is 0 Å². The molecule has 51 valence electrons. The van der Waals surface area contributed by atoms with Crippen LogP contribution in [0.4, 0.5) is 0 Å². The number of hydrogen-bond donors (Lipinski definition) is 1. The second-order valence-corrected chi connectivity index (χ2v) is 2.59. The zero-order valence-electron chi connectivity index (χ0n) is 5.09. The van der Waals surface area contributed by atoms with Crippen molar-refractivity contribution in [1.29, 1.82) is 0 Å². The molecule has 1 fully saturated rings. The van der Waals surface area contributed by atoms with Gasteiger partial charge in [0.25, 0.3) is 0 Å². The molecule has 2 atom stereocenters. The predicted octanol–water partition coefficient (Wildman–Crippen LogP) is 0.879. The van der Waals surface area contributed by atoms with Crippen molar-refractivity contribution < 1.29 is 53.9 Å². The quantitative estimate of drug-likeness (QED) is 0.654. The molecule has 0 bridgehead atoms. The van der Waals surface area contributed by atoms with Crippen molar-refractivity contribution in [2.75, 3.05) is 5.33 Å². The van der Waals surface area contributed by atoms with Crippen LogP contribution in [0.1, 0.15) is 12.8 Å². The summed E-state index contributed by atoms with van der Waals surface area (Å²) in [4.78, 5) is 0. The van der Waals surface area contributed by atoms with Gasteiger partial charge in [-0.3, -0.25) is 0 Å². The zero-order valence-corrected chi connectivity index (χ0v) is 11.4. The number of halogens is 1. The van der Waals surface area contributed by atoms with Gasteiger partial charge in [-0.05, 0) is 6.42 Å². The number of rotatable bonds is 1. The minimum Gasteiger partial charge on any atom is -0.368 e. The van der Waals surface area contributed by atoms with Gasteiger partial charge in [0.05, 0.1) is 6.10 Å². The van der Waals surface area contributed by atoms with Gasteiger partial charge in [-0.1, -0.05) is 15.9 Å². The molecule has 1 aliphatic heterocycles. The van der Waals surface area contributed by atoms with Crippen LogP contribution in [0.2, 0.25) is 0 Å². The SMILES string of the molecule is OC1CC[C@H](CBr)O1.[Ac]. The van der Waals surface area contributed by atoms with Crippen LogP contribution in [0.5, 0.6) is 0 Å². The molecular weight excluding hydrogens is 399 g/mol. The third kappa shape index (κ3) is 3.67. The Morgan fingerprint density at radius 2 is 2.22 bits per heavy atom. The Morgan fingerprint density at radius 1 is 1.56 bits per heavy atom. The van der Waals surface area contributed by atoms with Crippen LogP contribution in [-0.2, 0) is 4.74 Å². The van der Waals surface area contributed by atoms with Crippen LogP contribution in [0.25, 0.3) is 0 Å². The molecule has 1 heterocycles. The molecule has 0 amide bonds. The fraction of sp³-hybridized carbons (Fsp3) is 1.00. The van der Waals surface area contributed by atoms with Gasteiger partial charge in [0.2, 0.25) is 0 Å². The molecule has 0 spiro atoms. The van der Waals surface area contributed by atoms with Crippen molar-refractivity contribution in [2.45, 2.75) is 25.2 Å². The average Bonchev–Trinajstić information content (AvgIpc) is 2.14. The Hall–Kier alpha value is 1.84. The first-order valence-electron chi connectivity index (χ1n) is 2.72. The van der Waals surface area contributed by atoms with Crippen molar-refractivity contribution in [1.82, 2.24) is 0 Å². The van der Waals surface area contributed by atoms with E-state index >= 15 is 0 Å². The summed E-state index contributed by atoms with van der Waals surface area (Å²) in [5.74, 6) is 0. The van der Waals surface area contributed by atoms with Gasteiger partial charge in [-0.2, -0.15) is 0 Å². The summed E-state index contributed by atoms with van der Waals surface area (Å²) in [7, 11) is 0. The summed E-state index contributed by atoms with van der Waals surface area (Å²) < 4.78 is 5.02. The van der Waals surface area contributed by atoms with Crippen LogP contribution in [-0.4, -0.2) is 22.8 Å². The summed E-state index contributed by atoms with van der Waals surface area (Å²) in [6.07, 6.45) is 1.51. The second kappa shape index (κ2) is 5.49. The van der Waals surface area contributed by atoms with Crippen molar-refractivity contribution in [3.05, 3.63) is 0 Å². The standard InChI is InChI=1S/C5H9BrO2.Ac/c6-3-4-1-2-5(7)8-4;/h4-5,7H,1-3H2;/t4-,5?;/m1./s1. The van der Waals surface area contributed by atoms with Crippen LogP contribution >= 0.6 is 15.9 Å². The first kappa shape index (κ1) is 10.8. The van der Waals surface area contributed by atoms with E-state index in [1.54, 1.807) is 0 Å². The van der Waals surface area contributed by atoms with Gasteiger partial charge >= 0.3 is 0 Å². The van der Waals surface area contributed by atoms with E-state index in [9.17, 15) is 0 Å². The van der Waals surface area contributed by atoms with Crippen molar-refractivity contribution >= 4 is 15.9 Å². The molecule has 4 heteroatoms. The van der Waals surface area contributed by atoms with E-state index in [1.807, 2.05) is 0 Å². The molecule has 1 radical (unpaired) electrons. The summed E-state index contributed by atoms with van der Waals surface area (Å²) in [5.41, 5.74) is 0. The summed E-state index contributed by atoms with van der Waals surface area (Å²) in [5, 5.41) is 9.62. The molecule has 0 aliphatic carbocycles. The van der Waals surface area contributed by atoms with Gasteiger partial charge in [0.15, 0.2) is 6.29 Å². The Balaban J connectivity index is 0.000000640. The molecule has 0 aromatic heterocycles. The third-order valence-electron chi connectivity index (χ3n) is 1.26. The molecular formula is C5H9AcBrO2. The molecule has 0 aromatic rings. The predicted molar refractivity (Wildman–Crippen MR) is 33.9 cm³/mol. The number of hydrogen-bond acceptors (Lipinski definition) is 2. The largest absolute Gasteiger partial charge is 0.368 e. The van der Waals surface area contributed by atoms with Crippen LogP contribution in [0.15, 0.2) is 0 Å². The molecule has 2 nitrogen and oxygen atoms in total. The molecule has 1 aliphatic rings. The fourth-order valence-corrected chi connectivity index (χ4v) is 1.28. The fourth-order valence-electron chi connectivity index (χ4n) is 0.800. The van der Waals surface area contributed by atoms with Gasteiger partial charge in [-0.25, -0.2) is 0 Å². The van der Waals surface area contributed by atoms with Gasteiger partial charge < -0.3 is 9.84 Å². The van der Waals surface area contributed by atoms with E-state index in [4.69, 9.17) is 9.84 Å². The van der Waals surface area contributed by atoms with E-state index in [1.165, 1.54) is 0 Å². The molecule has 1 rings (SSSR count). The Morgan fingerprint density at radius 3 is 2.44 bits per heavy atom. The third-order valence-corrected chi connectivity index (χ3v) is 1.98. The van der Waals surface area contributed by atoms with E-state index < -0.39 is 6.29 Å². The summed E-state index contributed by atoms with van der Waals surface area (Å²) in [6, 6.07) is 0. The summed E-state index contributed by atoms with van der Waals surface area (Å²) >= 11 is 3.27. The number of alkyl halides is 1. The molecule has 0 aromatic carbocycles. The normalized spacial score (nSPS) is 34.0. The Labute approximate surface area is 99.0 Å². The maximum absolute atomic E-state index is 8.79. The summed E-state index contributed by atoms with van der Waals surface area (Å²) in [6.45, 7) is 0. The molecule has 9 heavy (non-hydrogen) atoms. The van der Waals surface area contributed by atoms with E-state index in [0.717, 1.165) is 18.2 Å². The van der Waals surface area contributed by atoms with Gasteiger partial charge in [-0.15, -0.1) is 0 Å². The van der Waals surface area contributed by atoms with Crippen LogP contribution in [0, 0.1) is 44.1 Å². The first-order chi connectivity index (χ1) is 3.83. The zero-order chi connectivity index (χ0) is 5.98. The second-order valence-electron chi connectivity index (χ2n) is 1.94. The van der Waals surface area contributed by atoms with Gasteiger partial charge in [0, 0.05) is 55.8 Å². The molecule has 1 unspecified atom stereocenters. The number of aliphatic hydroxyl groups excluding tert-OH is 1. The Kier molecular flexibility index (Phi) is 6.61. The molecule has 1 N–H and O–H groups in total. The molecule has 1 saturated heterocycles. The number of ether oxygens (including phenoxy) is 1. The van der Waals surface area contributed by atoms with Gasteiger partial charge in [0.1, 0.15) is 0 Å². The van der Waals surface area contributed by atoms with Crippen molar-refractivity contribution in [3.8, 4) is 0 Å². The van der Waals surface area contributed by atoms with Crippen LogP contribution < -0.4 is 0 Å². The average molecular weight is 408 g/mol. The minimum atomic E-state index is -0.502. The maximum atomic E-state index is 8.79. The first-order valence-corrected chi connectivity index (χ1v) is 3.84.